The number of nitrogens with two attached hydrogens (primary N) is 1. The highest BCUT2D eigenvalue weighted by Gasteiger charge is 2.43. The van der Waals surface area contributed by atoms with Crippen molar-refractivity contribution in [1.82, 2.24) is 20.6 Å². The number of amides is 1. The SMILES string of the molecule is Cn1ncc(C2CCC3C(=O)NNC(CN)C3C2)c1OCc1c(Cl)cccc1C#N. The van der Waals surface area contributed by atoms with Gasteiger partial charge in [-0.2, -0.15) is 10.4 Å². The number of ether oxygens (including phenoxy) is 1. The van der Waals surface area contributed by atoms with Crippen molar-refractivity contribution >= 4 is 17.5 Å². The van der Waals surface area contributed by atoms with Gasteiger partial charge < -0.3 is 10.5 Å². The van der Waals surface area contributed by atoms with Crippen LogP contribution in [0.25, 0.3) is 0 Å². The Balaban J connectivity index is 1.55. The van der Waals surface area contributed by atoms with E-state index in [1.165, 1.54) is 0 Å². The predicted molar refractivity (Wildman–Crippen MR) is 111 cm³/mol. The smallest absolute Gasteiger partial charge is 0.237 e. The van der Waals surface area contributed by atoms with Crippen LogP contribution >= 0.6 is 11.6 Å². The van der Waals surface area contributed by atoms with Crippen molar-refractivity contribution in [1.29, 1.82) is 5.26 Å². The molecular weight excluding hydrogens is 404 g/mol. The van der Waals surface area contributed by atoms with Gasteiger partial charge in [-0.3, -0.25) is 10.2 Å². The van der Waals surface area contributed by atoms with E-state index in [1.807, 2.05) is 13.2 Å². The van der Waals surface area contributed by atoms with Gasteiger partial charge in [-0.1, -0.05) is 17.7 Å². The van der Waals surface area contributed by atoms with E-state index in [2.05, 4.69) is 22.0 Å². The number of aromatic nitrogens is 2. The molecule has 2 fully saturated rings. The molecule has 1 aliphatic heterocycles. The number of carbonyl (C=O) groups is 1. The van der Waals surface area contributed by atoms with Crippen LogP contribution in [0.3, 0.4) is 0 Å². The molecule has 1 saturated heterocycles. The van der Waals surface area contributed by atoms with Crippen LogP contribution in [0.15, 0.2) is 24.4 Å². The second kappa shape index (κ2) is 8.64. The highest BCUT2D eigenvalue weighted by molar-refractivity contribution is 6.31. The van der Waals surface area contributed by atoms with Crippen molar-refractivity contribution in [2.45, 2.75) is 37.8 Å². The Morgan fingerprint density at radius 3 is 3.03 bits per heavy atom. The molecule has 2 heterocycles. The second-order valence-corrected chi connectivity index (χ2v) is 8.36. The lowest BCUT2D eigenvalue weighted by atomic mass is 9.68. The Hall–Kier alpha value is -2.60. The summed E-state index contributed by atoms with van der Waals surface area (Å²) in [5.74, 6) is 1.09. The molecule has 4 atom stereocenters. The van der Waals surface area contributed by atoms with Crippen molar-refractivity contribution in [2.24, 2.45) is 24.6 Å². The summed E-state index contributed by atoms with van der Waals surface area (Å²) in [5.41, 5.74) is 13.9. The third-order valence-corrected chi connectivity index (χ3v) is 6.69. The minimum absolute atomic E-state index is 0.0154. The van der Waals surface area contributed by atoms with E-state index >= 15 is 0 Å². The summed E-state index contributed by atoms with van der Waals surface area (Å²) in [6.07, 6.45) is 4.36. The molecule has 4 unspecified atom stereocenters. The molecule has 0 radical (unpaired) electrons. The molecule has 9 heteroatoms. The van der Waals surface area contributed by atoms with Crippen LogP contribution in [0.5, 0.6) is 5.88 Å². The molecule has 4 N–H and O–H groups in total. The molecule has 1 aromatic heterocycles. The van der Waals surface area contributed by atoms with Crippen molar-refractivity contribution in [3.63, 3.8) is 0 Å². The molecule has 1 saturated carbocycles. The summed E-state index contributed by atoms with van der Waals surface area (Å²) in [5, 5.41) is 14.3. The van der Waals surface area contributed by atoms with E-state index in [1.54, 1.807) is 22.9 Å². The molecule has 1 aliphatic carbocycles. The van der Waals surface area contributed by atoms with Crippen LogP contribution in [0.2, 0.25) is 5.02 Å². The van der Waals surface area contributed by atoms with Crippen molar-refractivity contribution in [3.05, 3.63) is 46.1 Å². The Kier molecular flexibility index (Phi) is 5.95. The van der Waals surface area contributed by atoms with Gasteiger partial charge in [0.25, 0.3) is 0 Å². The van der Waals surface area contributed by atoms with Gasteiger partial charge in [0.2, 0.25) is 11.8 Å². The van der Waals surface area contributed by atoms with E-state index in [0.717, 1.165) is 24.8 Å². The number of fused-ring (bicyclic) bond motifs is 1. The number of benzene rings is 1. The number of carbonyl (C=O) groups excluding carboxylic acids is 1. The van der Waals surface area contributed by atoms with Gasteiger partial charge in [0.15, 0.2) is 0 Å². The van der Waals surface area contributed by atoms with Crippen LogP contribution in [-0.4, -0.2) is 28.3 Å². The van der Waals surface area contributed by atoms with E-state index < -0.39 is 0 Å². The molecular formula is C21H25ClN6O2. The van der Waals surface area contributed by atoms with Gasteiger partial charge in [-0.05, 0) is 43.2 Å². The van der Waals surface area contributed by atoms with Crippen LogP contribution in [-0.2, 0) is 18.4 Å². The predicted octanol–water partition coefficient (Wildman–Crippen LogP) is 1.99. The average molecular weight is 429 g/mol. The fourth-order valence-electron chi connectivity index (χ4n) is 4.71. The van der Waals surface area contributed by atoms with E-state index in [-0.39, 0.29) is 36.3 Å². The summed E-state index contributed by atoms with van der Waals surface area (Å²) in [4.78, 5) is 12.3. The summed E-state index contributed by atoms with van der Waals surface area (Å²) in [6, 6.07) is 7.44. The van der Waals surface area contributed by atoms with Gasteiger partial charge >= 0.3 is 0 Å². The zero-order chi connectivity index (χ0) is 21.3. The number of halogens is 1. The monoisotopic (exact) mass is 428 g/mol. The molecule has 2 aliphatic rings. The largest absolute Gasteiger partial charge is 0.473 e. The summed E-state index contributed by atoms with van der Waals surface area (Å²) >= 11 is 6.29. The maximum absolute atomic E-state index is 12.3. The van der Waals surface area contributed by atoms with Crippen molar-refractivity contribution < 1.29 is 9.53 Å². The molecule has 2 aromatic rings. The van der Waals surface area contributed by atoms with Gasteiger partial charge in [-0.15, -0.1) is 0 Å². The Morgan fingerprint density at radius 2 is 2.27 bits per heavy atom. The normalized spacial score (nSPS) is 25.9. The third-order valence-electron chi connectivity index (χ3n) is 6.33. The highest BCUT2D eigenvalue weighted by Crippen LogP contribution is 2.44. The fraction of sp³-hybridized carbons (Fsp3) is 0.476. The molecule has 158 valence electrons. The zero-order valence-electron chi connectivity index (χ0n) is 16.8. The summed E-state index contributed by atoms with van der Waals surface area (Å²) in [7, 11) is 1.83. The number of nitriles is 1. The molecule has 4 rings (SSSR count). The fourth-order valence-corrected chi connectivity index (χ4v) is 4.94. The molecule has 0 spiro atoms. The lowest BCUT2D eigenvalue weighted by Gasteiger charge is -2.43. The Labute approximate surface area is 180 Å². The van der Waals surface area contributed by atoms with E-state index in [4.69, 9.17) is 22.1 Å². The van der Waals surface area contributed by atoms with Crippen molar-refractivity contribution in [2.75, 3.05) is 6.54 Å². The minimum Gasteiger partial charge on any atom is -0.473 e. The number of rotatable bonds is 5. The van der Waals surface area contributed by atoms with Crippen LogP contribution in [0, 0.1) is 23.2 Å². The van der Waals surface area contributed by atoms with Crippen molar-refractivity contribution in [3.8, 4) is 11.9 Å². The second-order valence-electron chi connectivity index (χ2n) is 7.95. The molecule has 0 bridgehead atoms. The third kappa shape index (κ3) is 3.76. The maximum atomic E-state index is 12.3. The standard InChI is InChI=1S/C21H25ClN6O2/c1-28-21(30-11-17-13(8-23)3-2-4-18(17)22)16(10-25-28)12-5-6-14-15(7-12)19(9-24)26-27-20(14)29/h2-4,10,12,14-15,19,26H,5-7,9,11,24H2,1H3,(H,27,29). The van der Waals surface area contributed by atoms with E-state index in [9.17, 15) is 10.1 Å². The van der Waals surface area contributed by atoms with Gasteiger partial charge in [0.1, 0.15) is 6.61 Å². The molecule has 8 nitrogen and oxygen atoms in total. The first kappa shape index (κ1) is 20.7. The van der Waals surface area contributed by atoms with Crippen LogP contribution in [0.4, 0.5) is 0 Å². The Morgan fingerprint density at radius 1 is 1.43 bits per heavy atom. The van der Waals surface area contributed by atoms with Gasteiger partial charge in [-0.25, -0.2) is 10.1 Å². The van der Waals surface area contributed by atoms with Gasteiger partial charge in [0.05, 0.1) is 17.8 Å². The average Bonchev–Trinajstić information content (AvgIpc) is 3.13. The first-order chi connectivity index (χ1) is 14.5. The topological polar surface area (TPSA) is 118 Å². The molecule has 1 amide bonds. The van der Waals surface area contributed by atoms with Crippen LogP contribution < -0.4 is 21.3 Å². The van der Waals surface area contributed by atoms with E-state index in [0.29, 0.717) is 28.6 Å². The first-order valence-electron chi connectivity index (χ1n) is 10.1. The number of hydrogen-bond donors (Lipinski definition) is 3. The lowest BCUT2D eigenvalue weighted by Crippen LogP contribution is -2.62. The summed E-state index contributed by atoms with van der Waals surface area (Å²) in [6.45, 7) is 0.650. The van der Waals surface area contributed by atoms with Crippen LogP contribution in [0.1, 0.15) is 41.9 Å². The first-order valence-corrected chi connectivity index (χ1v) is 10.5. The highest BCUT2D eigenvalue weighted by atomic mass is 35.5. The number of nitrogens with one attached hydrogen (secondary N) is 2. The quantitative estimate of drug-likeness (QED) is 0.670. The van der Waals surface area contributed by atoms with Gasteiger partial charge in [0, 0.05) is 41.7 Å². The number of aryl methyl sites for hydroxylation is 1. The molecule has 1 aromatic carbocycles. The zero-order valence-corrected chi connectivity index (χ0v) is 17.5. The number of hydrogen-bond acceptors (Lipinski definition) is 6. The number of nitrogens with zero attached hydrogens (tertiary/aromatic N) is 3. The summed E-state index contributed by atoms with van der Waals surface area (Å²) < 4.78 is 7.83. The lowest BCUT2D eigenvalue weighted by molar-refractivity contribution is -0.133. The molecule has 30 heavy (non-hydrogen) atoms. The number of hydrazine groups is 1. The Bertz CT molecular complexity index is 984. The minimum atomic E-state index is -0.0154. The maximum Gasteiger partial charge on any atom is 0.237 e.